The van der Waals surface area contributed by atoms with Crippen molar-refractivity contribution < 1.29 is 17.9 Å². The summed E-state index contributed by atoms with van der Waals surface area (Å²) in [5, 5.41) is -0.301. The van der Waals surface area contributed by atoms with Crippen molar-refractivity contribution in [1.29, 1.82) is 0 Å². The van der Waals surface area contributed by atoms with E-state index in [1.165, 1.54) is 13.2 Å². The van der Waals surface area contributed by atoms with Crippen LogP contribution in [0.15, 0.2) is 11.2 Å². The molecule has 84 valence electrons. The zero-order chi connectivity index (χ0) is 11.5. The Labute approximate surface area is 88.2 Å². The monoisotopic (exact) mass is 232 g/mol. The van der Waals surface area contributed by atoms with Crippen molar-refractivity contribution in [2.24, 2.45) is 0 Å². The maximum absolute atomic E-state index is 11.2. The maximum atomic E-state index is 11.2. The van der Waals surface area contributed by atoms with Gasteiger partial charge in [-0.2, -0.15) is 9.97 Å². The first kappa shape index (κ1) is 11.7. The van der Waals surface area contributed by atoms with Crippen LogP contribution in [0.2, 0.25) is 0 Å². The van der Waals surface area contributed by atoms with Gasteiger partial charge >= 0.3 is 0 Å². The van der Waals surface area contributed by atoms with E-state index in [2.05, 4.69) is 9.97 Å². The molecule has 6 nitrogen and oxygen atoms in total. The Kier molecular flexibility index (Phi) is 3.46. The molecule has 0 atom stereocenters. The number of methoxy groups -OCH3 is 1. The molecule has 0 radical (unpaired) electrons. The number of sulfone groups is 1. The molecule has 0 spiro atoms. The fraction of sp³-hybridized carbons (Fsp3) is 0.500. The number of aromatic nitrogens is 2. The summed E-state index contributed by atoms with van der Waals surface area (Å²) >= 11 is 0. The van der Waals surface area contributed by atoms with Gasteiger partial charge in [0.2, 0.25) is 21.6 Å². The van der Waals surface area contributed by atoms with Crippen molar-refractivity contribution in [1.82, 2.24) is 9.97 Å². The molecule has 0 aliphatic heterocycles. The molecule has 0 aliphatic rings. The van der Waals surface area contributed by atoms with E-state index in [4.69, 9.17) is 9.47 Å². The van der Waals surface area contributed by atoms with Crippen molar-refractivity contribution in [3.63, 3.8) is 0 Å². The standard InChI is InChI=1S/C8H12N2O4S/c1-4-14-7-5-6(13-2)9-8(10-7)15(3,11)12/h5H,4H2,1-3H3. The molecule has 1 rings (SSSR count). The number of nitrogens with zero attached hydrogens (tertiary/aromatic N) is 2. The predicted molar refractivity (Wildman–Crippen MR) is 52.9 cm³/mol. The van der Waals surface area contributed by atoms with E-state index >= 15 is 0 Å². The molecule has 0 fully saturated rings. The van der Waals surface area contributed by atoms with Crippen LogP contribution in [0.5, 0.6) is 11.8 Å². The summed E-state index contributed by atoms with van der Waals surface area (Å²) in [6.45, 7) is 2.16. The molecule has 0 aliphatic carbocycles. The van der Waals surface area contributed by atoms with Gasteiger partial charge in [0.1, 0.15) is 0 Å². The summed E-state index contributed by atoms with van der Waals surface area (Å²) in [4.78, 5) is 7.45. The molecule has 1 aromatic heterocycles. The van der Waals surface area contributed by atoms with Crippen LogP contribution in [0.1, 0.15) is 6.92 Å². The first-order valence-corrected chi connectivity index (χ1v) is 6.12. The first-order valence-electron chi connectivity index (χ1n) is 4.23. The van der Waals surface area contributed by atoms with Crippen molar-refractivity contribution in [2.75, 3.05) is 20.0 Å². The Morgan fingerprint density at radius 1 is 1.33 bits per heavy atom. The fourth-order valence-corrected chi connectivity index (χ4v) is 1.39. The van der Waals surface area contributed by atoms with Crippen LogP contribution in [0.3, 0.4) is 0 Å². The Bertz CT molecular complexity index is 444. The van der Waals surface area contributed by atoms with Gasteiger partial charge in [-0.15, -0.1) is 0 Å². The highest BCUT2D eigenvalue weighted by Crippen LogP contribution is 2.17. The third kappa shape index (κ3) is 3.05. The minimum Gasteiger partial charge on any atom is -0.481 e. The van der Waals surface area contributed by atoms with Gasteiger partial charge in [-0.1, -0.05) is 0 Å². The number of hydrogen-bond acceptors (Lipinski definition) is 6. The molecule has 7 heteroatoms. The molecule has 0 unspecified atom stereocenters. The molecule has 0 N–H and O–H groups in total. The zero-order valence-corrected chi connectivity index (χ0v) is 9.54. The van der Waals surface area contributed by atoms with Crippen LogP contribution >= 0.6 is 0 Å². The smallest absolute Gasteiger partial charge is 0.253 e. The molecule has 1 heterocycles. The summed E-state index contributed by atoms with van der Waals surface area (Å²) in [7, 11) is -2.07. The highest BCUT2D eigenvalue weighted by molar-refractivity contribution is 7.90. The second-order valence-corrected chi connectivity index (χ2v) is 4.65. The summed E-state index contributed by atoms with van der Waals surface area (Å²) in [6.07, 6.45) is 1.03. The van der Waals surface area contributed by atoms with Gasteiger partial charge in [0.05, 0.1) is 19.8 Å². The van der Waals surface area contributed by atoms with E-state index in [1.807, 2.05) is 0 Å². The van der Waals surface area contributed by atoms with Gasteiger partial charge in [0.25, 0.3) is 5.16 Å². The van der Waals surface area contributed by atoms with E-state index in [9.17, 15) is 8.42 Å². The van der Waals surface area contributed by atoms with E-state index in [0.717, 1.165) is 6.26 Å². The molecule has 0 bridgehead atoms. The Morgan fingerprint density at radius 2 is 1.93 bits per heavy atom. The van der Waals surface area contributed by atoms with Gasteiger partial charge < -0.3 is 9.47 Å². The van der Waals surface area contributed by atoms with Crippen LogP contribution in [0.25, 0.3) is 0 Å². The molecule has 15 heavy (non-hydrogen) atoms. The summed E-state index contributed by atoms with van der Waals surface area (Å²) in [6, 6.07) is 1.43. The topological polar surface area (TPSA) is 78.4 Å². The van der Waals surface area contributed by atoms with Crippen molar-refractivity contribution in [3.8, 4) is 11.8 Å². The van der Waals surface area contributed by atoms with Crippen LogP contribution in [-0.2, 0) is 9.84 Å². The lowest BCUT2D eigenvalue weighted by atomic mass is 10.6. The molecule has 0 saturated heterocycles. The minimum absolute atomic E-state index is 0.161. The summed E-state index contributed by atoms with van der Waals surface area (Å²) in [5.41, 5.74) is 0. The normalized spacial score (nSPS) is 11.1. The average Bonchev–Trinajstić information content (AvgIpc) is 2.16. The molecular weight excluding hydrogens is 220 g/mol. The lowest BCUT2D eigenvalue weighted by Crippen LogP contribution is -2.07. The number of ether oxygens (including phenoxy) is 2. The third-order valence-corrected chi connectivity index (χ3v) is 2.34. The lowest BCUT2D eigenvalue weighted by Gasteiger charge is -2.05. The molecule has 1 aromatic rings. The summed E-state index contributed by atoms with van der Waals surface area (Å²) in [5.74, 6) is 0.346. The molecular formula is C8H12N2O4S. The highest BCUT2D eigenvalue weighted by Gasteiger charge is 2.14. The van der Waals surface area contributed by atoms with Crippen LogP contribution in [-0.4, -0.2) is 38.4 Å². The zero-order valence-electron chi connectivity index (χ0n) is 8.72. The molecule has 0 aromatic carbocycles. The lowest BCUT2D eigenvalue weighted by molar-refractivity contribution is 0.314. The number of rotatable bonds is 4. The van der Waals surface area contributed by atoms with Gasteiger partial charge in [0, 0.05) is 6.26 Å². The molecule has 0 amide bonds. The van der Waals surface area contributed by atoms with Gasteiger partial charge in [-0.25, -0.2) is 8.42 Å². The quantitative estimate of drug-likeness (QED) is 0.694. The first-order chi connectivity index (χ1) is 6.97. The van der Waals surface area contributed by atoms with Crippen LogP contribution in [0, 0.1) is 0 Å². The highest BCUT2D eigenvalue weighted by atomic mass is 32.2. The Hall–Kier alpha value is -1.37. The Morgan fingerprint density at radius 3 is 2.40 bits per heavy atom. The molecule has 0 saturated carbocycles. The predicted octanol–water partition coefficient (Wildman–Crippen LogP) is 0.287. The van der Waals surface area contributed by atoms with Crippen LogP contribution < -0.4 is 9.47 Å². The second-order valence-electron chi connectivity index (χ2n) is 2.74. The van der Waals surface area contributed by atoms with Crippen molar-refractivity contribution >= 4 is 9.84 Å². The fourth-order valence-electron chi connectivity index (χ4n) is 0.876. The number of hydrogen-bond donors (Lipinski definition) is 0. The van der Waals surface area contributed by atoms with Gasteiger partial charge in [-0.3, -0.25) is 0 Å². The third-order valence-electron chi connectivity index (χ3n) is 1.49. The van der Waals surface area contributed by atoms with Crippen molar-refractivity contribution in [2.45, 2.75) is 12.1 Å². The Balaban J connectivity index is 3.23. The minimum atomic E-state index is -3.46. The van der Waals surface area contributed by atoms with E-state index in [-0.39, 0.29) is 16.9 Å². The van der Waals surface area contributed by atoms with E-state index in [0.29, 0.717) is 6.61 Å². The van der Waals surface area contributed by atoms with Crippen LogP contribution in [0.4, 0.5) is 0 Å². The van der Waals surface area contributed by atoms with E-state index < -0.39 is 9.84 Å². The van der Waals surface area contributed by atoms with E-state index in [1.54, 1.807) is 6.92 Å². The average molecular weight is 232 g/mol. The van der Waals surface area contributed by atoms with Gasteiger partial charge in [0.15, 0.2) is 0 Å². The maximum Gasteiger partial charge on any atom is 0.253 e. The summed E-state index contributed by atoms with van der Waals surface area (Å²) < 4.78 is 32.4. The van der Waals surface area contributed by atoms with Crippen molar-refractivity contribution in [3.05, 3.63) is 6.07 Å². The largest absolute Gasteiger partial charge is 0.481 e. The second kappa shape index (κ2) is 4.43. The SMILES string of the molecule is CCOc1cc(OC)nc(S(C)(=O)=O)n1. The van der Waals surface area contributed by atoms with Gasteiger partial charge in [-0.05, 0) is 6.92 Å².